The number of nitrogens with two attached hydrogens (primary N) is 1. The number of nitrogens with one attached hydrogen (secondary N) is 1. The number of benzene rings is 1. The first-order valence-electron chi connectivity index (χ1n) is 5.24. The maximum Gasteiger partial charge on any atom is 0.170 e. The van der Waals surface area contributed by atoms with Crippen molar-refractivity contribution >= 4 is 5.84 Å². The van der Waals surface area contributed by atoms with Crippen LogP contribution in [0.15, 0.2) is 29.4 Å². The molecular weight excluding hydrogens is 222 g/mol. The molecule has 0 radical (unpaired) electrons. The number of rotatable bonds is 6. The molecule has 94 valence electrons. The Morgan fingerprint density at radius 1 is 1.35 bits per heavy atom. The second-order valence-corrected chi connectivity index (χ2v) is 3.65. The van der Waals surface area contributed by atoms with Crippen LogP contribution in [0.5, 0.6) is 0 Å². The normalized spacial score (nSPS) is 13.6. The van der Waals surface area contributed by atoms with Gasteiger partial charge < -0.3 is 26.5 Å². The highest BCUT2D eigenvalue weighted by atomic mass is 16.4. The smallest absolute Gasteiger partial charge is 0.170 e. The molecule has 0 aliphatic rings. The van der Waals surface area contributed by atoms with Crippen molar-refractivity contribution in [2.24, 2.45) is 10.9 Å². The van der Waals surface area contributed by atoms with E-state index in [2.05, 4.69) is 10.5 Å². The molecule has 1 unspecified atom stereocenters. The molecule has 0 bridgehead atoms. The Balaban J connectivity index is 2.46. The molecule has 0 heterocycles. The van der Waals surface area contributed by atoms with Gasteiger partial charge in [0, 0.05) is 18.7 Å². The minimum Gasteiger partial charge on any atom is -0.409 e. The molecule has 17 heavy (non-hydrogen) atoms. The Bertz CT molecular complexity index is 365. The molecule has 6 heteroatoms. The molecule has 0 amide bonds. The topological polar surface area (TPSA) is 111 Å². The Morgan fingerprint density at radius 3 is 2.53 bits per heavy atom. The van der Waals surface area contributed by atoms with Gasteiger partial charge in [0.2, 0.25) is 0 Å². The van der Waals surface area contributed by atoms with Crippen molar-refractivity contribution in [1.29, 1.82) is 0 Å². The fraction of sp³-hybridized carbons (Fsp3) is 0.364. The zero-order valence-corrected chi connectivity index (χ0v) is 9.37. The Kier molecular flexibility index (Phi) is 5.41. The molecule has 1 atom stereocenters. The van der Waals surface area contributed by atoms with Crippen molar-refractivity contribution in [2.45, 2.75) is 12.6 Å². The molecular formula is C11H17N3O3. The summed E-state index contributed by atoms with van der Waals surface area (Å²) in [5.74, 6) is 0.0696. The van der Waals surface area contributed by atoms with Gasteiger partial charge in [0.1, 0.15) is 0 Å². The molecule has 6 nitrogen and oxygen atoms in total. The minimum atomic E-state index is -0.744. The highest BCUT2D eigenvalue weighted by Gasteiger charge is 2.02. The first kappa shape index (κ1) is 13.4. The van der Waals surface area contributed by atoms with Crippen LogP contribution in [0.4, 0.5) is 0 Å². The second-order valence-electron chi connectivity index (χ2n) is 3.65. The van der Waals surface area contributed by atoms with Gasteiger partial charge in [-0.15, -0.1) is 0 Å². The number of hydrogen-bond acceptors (Lipinski definition) is 5. The number of hydrogen-bond donors (Lipinski definition) is 5. The number of amidine groups is 1. The zero-order chi connectivity index (χ0) is 12.7. The lowest BCUT2D eigenvalue weighted by Gasteiger charge is -2.09. The molecule has 0 fully saturated rings. The number of aliphatic hydroxyl groups is 2. The SMILES string of the molecule is NC(=NO)c1ccc(CNCC(O)CO)cc1. The monoisotopic (exact) mass is 239 g/mol. The summed E-state index contributed by atoms with van der Waals surface area (Å²) >= 11 is 0. The Hall–Kier alpha value is -1.63. The molecule has 1 rings (SSSR count). The van der Waals surface area contributed by atoms with E-state index in [9.17, 15) is 0 Å². The van der Waals surface area contributed by atoms with E-state index in [4.69, 9.17) is 21.2 Å². The van der Waals surface area contributed by atoms with Gasteiger partial charge in [-0.05, 0) is 5.56 Å². The Morgan fingerprint density at radius 2 is 2.00 bits per heavy atom. The minimum absolute atomic E-state index is 0.0696. The first-order chi connectivity index (χ1) is 8.17. The molecule has 1 aromatic rings. The van der Waals surface area contributed by atoms with Gasteiger partial charge in [0.25, 0.3) is 0 Å². The van der Waals surface area contributed by atoms with E-state index >= 15 is 0 Å². The summed E-state index contributed by atoms with van der Waals surface area (Å²) in [5.41, 5.74) is 7.08. The summed E-state index contributed by atoms with van der Waals surface area (Å²) in [6.07, 6.45) is -0.744. The van der Waals surface area contributed by atoms with Crippen LogP contribution in [0.3, 0.4) is 0 Å². The van der Waals surface area contributed by atoms with Gasteiger partial charge in [-0.3, -0.25) is 0 Å². The van der Waals surface area contributed by atoms with E-state index in [1.807, 2.05) is 12.1 Å². The lowest BCUT2D eigenvalue weighted by atomic mass is 10.1. The summed E-state index contributed by atoms with van der Waals surface area (Å²) in [5, 5.41) is 32.1. The van der Waals surface area contributed by atoms with Crippen LogP contribution in [0.25, 0.3) is 0 Å². The van der Waals surface area contributed by atoms with Crippen LogP contribution in [-0.4, -0.2) is 40.5 Å². The summed E-state index contributed by atoms with van der Waals surface area (Å²) < 4.78 is 0. The van der Waals surface area contributed by atoms with Crippen molar-refractivity contribution in [2.75, 3.05) is 13.2 Å². The highest BCUT2D eigenvalue weighted by molar-refractivity contribution is 5.96. The predicted octanol–water partition coefficient (Wildman–Crippen LogP) is -0.776. The van der Waals surface area contributed by atoms with Gasteiger partial charge in [-0.25, -0.2) is 0 Å². The quantitative estimate of drug-likeness (QED) is 0.194. The fourth-order valence-electron chi connectivity index (χ4n) is 1.30. The molecule has 0 aliphatic carbocycles. The summed E-state index contributed by atoms with van der Waals surface area (Å²) in [7, 11) is 0. The van der Waals surface area contributed by atoms with E-state index in [0.29, 0.717) is 18.7 Å². The average Bonchev–Trinajstić information content (AvgIpc) is 2.38. The van der Waals surface area contributed by atoms with E-state index in [-0.39, 0.29) is 12.4 Å². The number of aliphatic hydroxyl groups excluding tert-OH is 2. The summed E-state index contributed by atoms with van der Waals surface area (Å²) in [4.78, 5) is 0. The summed E-state index contributed by atoms with van der Waals surface area (Å²) in [6, 6.07) is 7.17. The molecule has 0 spiro atoms. The third-order valence-electron chi connectivity index (χ3n) is 2.28. The van der Waals surface area contributed by atoms with E-state index in [0.717, 1.165) is 5.56 Å². The van der Waals surface area contributed by atoms with Crippen LogP contribution in [0.2, 0.25) is 0 Å². The predicted molar refractivity (Wildman–Crippen MR) is 63.8 cm³/mol. The van der Waals surface area contributed by atoms with Gasteiger partial charge >= 0.3 is 0 Å². The van der Waals surface area contributed by atoms with Gasteiger partial charge in [0.05, 0.1) is 12.7 Å². The molecule has 1 aromatic carbocycles. The molecule has 0 saturated carbocycles. The van der Waals surface area contributed by atoms with Crippen molar-refractivity contribution in [1.82, 2.24) is 5.32 Å². The molecule has 6 N–H and O–H groups in total. The largest absolute Gasteiger partial charge is 0.409 e. The van der Waals surface area contributed by atoms with Gasteiger partial charge in [-0.1, -0.05) is 29.4 Å². The first-order valence-corrected chi connectivity index (χ1v) is 5.24. The lowest BCUT2D eigenvalue weighted by molar-refractivity contribution is 0.0942. The van der Waals surface area contributed by atoms with E-state index < -0.39 is 6.10 Å². The molecule has 0 saturated heterocycles. The molecule has 0 aliphatic heterocycles. The Labute approximate surface area is 99.4 Å². The van der Waals surface area contributed by atoms with E-state index in [1.165, 1.54) is 0 Å². The van der Waals surface area contributed by atoms with Crippen LogP contribution in [0.1, 0.15) is 11.1 Å². The summed E-state index contributed by atoms with van der Waals surface area (Å²) in [6.45, 7) is 0.654. The zero-order valence-electron chi connectivity index (χ0n) is 9.37. The third kappa shape index (κ3) is 4.39. The lowest BCUT2D eigenvalue weighted by Crippen LogP contribution is -2.28. The average molecular weight is 239 g/mol. The van der Waals surface area contributed by atoms with Crippen LogP contribution >= 0.6 is 0 Å². The maximum absolute atomic E-state index is 9.11. The van der Waals surface area contributed by atoms with E-state index in [1.54, 1.807) is 12.1 Å². The van der Waals surface area contributed by atoms with Gasteiger partial charge in [0.15, 0.2) is 5.84 Å². The number of oxime groups is 1. The van der Waals surface area contributed by atoms with Crippen LogP contribution in [0, 0.1) is 0 Å². The maximum atomic E-state index is 9.11. The third-order valence-corrected chi connectivity index (χ3v) is 2.28. The van der Waals surface area contributed by atoms with Crippen LogP contribution in [-0.2, 0) is 6.54 Å². The van der Waals surface area contributed by atoms with Crippen molar-refractivity contribution in [3.8, 4) is 0 Å². The second kappa shape index (κ2) is 6.85. The standard InChI is InChI=1S/C11H17N3O3/c12-11(14-17)9-3-1-8(2-4-9)5-13-6-10(16)7-15/h1-4,10,13,15-17H,5-7H2,(H2,12,14). The van der Waals surface area contributed by atoms with Crippen LogP contribution < -0.4 is 11.1 Å². The fourth-order valence-corrected chi connectivity index (χ4v) is 1.30. The van der Waals surface area contributed by atoms with Crippen molar-refractivity contribution in [3.63, 3.8) is 0 Å². The van der Waals surface area contributed by atoms with Gasteiger partial charge in [-0.2, -0.15) is 0 Å². The number of nitrogens with zero attached hydrogens (tertiary/aromatic N) is 1. The molecule has 0 aromatic heterocycles. The van der Waals surface area contributed by atoms with Crippen molar-refractivity contribution < 1.29 is 15.4 Å². The van der Waals surface area contributed by atoms with Crippen molar-refractivity contribution in [3.05, 3.63) is 35.4 Å². The highest BCUT2D eigenvalue weighted by Crippen LogP contribution is 2.03.